The Labute approximate surface area is 330 Å². The molecular formula is C44H48ClN7O2S. The summed E-state index contributed by atoms with van der Waals surface area (Å²) in [7, 11) is -3.36. The molecule has 1 N–H and O–H groups in total. The maximum atomic E-state index is 12.7. The molecule has 0 saturated carbocycles. The SMILES string of the molecule is CS(=O)(=O)N1CCc2c(c(-c3ccc(Cl)c(C#Cc4ccc(CN[C@@H]5CCCc6ccccc65)cc4)c3)nn2CCCN2CCN(c3ccccn3)CC2)C1. The highest BCUT2D eigenvalue weighted by Gasteiger charge is 2.30. The lowest BCUT2D eigenvalue weighted by molar-refractivity contribution is 0.248. The van der Waals surface area contributed by atoms with Crippen molar-refractivity contribution in [1.29, 1.82) is 0 Å². The van der Waals surface area contributed by atoms with Gasteiger partial charge in [-0.2, -0.15) is 9.40 Å². The number of hydrogen-bond acceptors (Lipinski definition) is 7. The predicted octanol–water partition coefficient (Wildman–Crippen LogP) is 6.70. The fraction of sp³-hybridized carbons (Fsp3) is 0.364. The van der Waals surface area contributed by atoms with Gasteiger partial charge >= 0.3 is 0 Å². The van der Waals surface area contributed by atoms with E-state index < -0.39 is 10.0 Å². The molecule has 0 spiro atoms. The normalized spacial score (nSPS) is 17.6. The number of nitrogens with one attached hydrogen (secondary N) is 1. The van der Waals surface area contributed by atoms with Gasteiger partial charge in [-0.05, 0) is 78.8 Å². The molecule has 5 aromatic rings. The third-order valence-corrected chi connectivity index (χ3v) is 12.8. The minimum atomic E-state index is -3.36. The molecule has 0 radical (unpaired) electrons. The zero-order valence-electron chi connectivity index (χ0n) is 31.4. The lowest BCUT2D eigenvalue weighted by Crippen LogP contribution is -2.47. The molecule has 0 amide bonds. The summed E-state index contributed by atoms with van der Waals surface area (Å²) in [6, 6.07) is 29.5. The summed E-state index contributed by atoms with van der Waals surface area (Å²) in [4.78, 5) is 9.37. The maximum Gasteiger partial charge on any atom is 0.211 e. The first-order valence-corrected chi connectivity index (χ1v) is 21.7. The molecule has 9 nitrogen and oxygen atoms in total. The van der Waals surface area contributed by atoms with E-state index in [0.29, 0.717) is 36.1 Å². The van der Waals surface area contributed by atoms with Crippen molar-refractivity contribution in [2.45, 2.75) is 57.8 Å². The van der Waals surface area contributed by atoms with E-state index in [-0.39, 0.29) is 0 Å². The largest absolute Gasteiger partial charge is 0.354 e. The molecule has 4 heterocycles. The fourth-order valence-electron chi connectivity index (χ4n) is 8.17. The number of benzene rings is 3. The van der Waals surface area contributed by atoms with E-state index in [2.05, 4.69) is 91.2 Å². The van der Waals surface area contributed by atoms with Gasteiger partial charge in [-0.1, -0.05) is 72.0 Å². The number of nitrogens with zero attached hydrogens (tertiary/aromatic N) is 6. The molecule has 1 aliphatic carbocycles. The van der Waals surface area contributed by atoms with Crippen molar-refractivity contribution in [3.05, 3.63) is 135 Å². The average molecular weight is 774 g/mol. The minimum Gasteiger partial charge on any atom is -0.354 e. The first-order valence-electron chi connectivity index (χ1n) is 19.4. The number of anilines is 1. The molecule has 8 rings (SSSR count). The summed E-state index contributed by atoms with van der Waals surface area (Å²) in [5, 5.41) is 9.47. The molecule has 3 aliphatic rings. The van der Waals surface area contributed by atoms with Crippen LogP contribution in [-0.2, 0) is 42.5 Å². The minimum absolute atomic E-state index is 0.303. The first kappa shape index (κ1) is 37.4. The smallest absolute Gasteiger partial charge is 0.211 e. The summed E-state index contributed by atoms with van der Waals surface area (Å²) in [6.45, 7) is 7.20. The maximum absolute atomic E-state index is 12.7. The van der Waals surface area contributed by atoms with Crippen LogP contribution in [0.1, 0.15) is 64.4 Å². The van der Waals surface area contributed by atoms with Gasteiger partial charge < -0.3 is 10.2 Å². The molecule has 0 unspecified atom stereocenters. The number of sulfonamides is 1. The summed E-state index contributed by atoms with van der Waals surface area (Å²) in [6.07, 6.45) is 8.24. The van der Waals surface area contributed by atoms with Crippen LogP contribution >= 0.6 is 11.6 Å². The van der Waals surface area contributed by atoms with Crippen molar-refractivity contribution in [2.24, 2.45) is 0 Å². The highest BCUT2D eigenvalue weighted by molar-refractivity contribution is 7.88. The highest BCUT2D eigenvalue weighted by atomic mass is 35.5. The van der Waals surface area contributed by atoms with Crippen molar-refractivity contribution in [1.82, 2.24) is 29.3 Å². The molecule has 1 saturated heterocycles. The highest BCUT2D eigenvalue weighted by Crippen LogP contribution is 2.33. The van der Waals surface area contributed by atoms with Crippen molar-refractivity contribution < 1.29 is 8.42 Å². The van der Waals surface area contributed by atoms with Gasteiger partial charge in [-0.25, -0.2) is 13.4 Å². The van der Waals surface area contributed by atoms with Gasteiger partial charge in [0.15, 0.2) is 0 Å². The Kier molecular flexibility index (Phi) is 11.4. The predicted molar refractivity (Wildman–Crippen MR) is 221 cm³/mol. The molecule has 0 bridgehead atoms. The number of halogens is 1. The van der Waals surface area contributed by atoms with Gasteiger partial charge in [-0.3, -0.25) is 9.58 Å². The molecule has 1 atom stereocenters. The van der Waals surface area contributed by atoms with Crippen LogP contribution in [-0.4, -0.2) is 77.9 Å². The number of fused-ring (bicyclic) bond motifs is 2. The van der Waals surface area contributed by atoms with E-state index >= 15 is 0 Å². The zero-order valence-corrected chi connectivity index (χ0v) is 33.0. The third kappa shape index (κ3) is 8.82. The van der Waals surface area contributed by atoms with Crippen LogP contribution in [0, 0.1) is 11.8 Å². The number of hydrogen-bond donors (Lipinski definition) is 1. The third-order valence-electron chi connectivity index (χ3n) is 11.2. The van der Waals surface area contributed by atoms with E-state index in [1.807, 2.05) is 36.5 Å². The fourth-order valence-corrected chi connectivity index (χ4v) is 9.12. The van der Waals surface area contributed by atoms with Crippen LogP contribution in [0.2, 0.25) is 5.02 Å². The topological polar surface area (TPSA) is 86.6 Å². The summed E-state index contributed by atoms with van der Waals surface area (Å²) < 4.78 is 29.0. The standard InChI is InChI=1S/C44H48ClN7O2S/c1-55(53,54)51-25-21-42-39(32-51)44(48-52(42)24-7-23-49-26-28-50(29-27-49)43-12-4-5-22-46-43)37-19-20-40(45)36(30-37)18-17-33-13-15-34(16-14-33)31-47-41-11-6-9-35-8-2-3-10-38(35)41/h2-5,8,10,12-16,19-20,22,30,41,47H,6-7,9,11,21,23-29,31-32H2,1H3/t41-/m1/s1. The molecule has 2 aromatic heterocycles. The van der Waals surface area contributed by atoms with Crippen molar-refractivity contribution in [3.63, 3.8) is 0 Å². The zero-order chi connectivity index (χ0) is 37.8. The van der Waals surface area contributed by atoms with Crippen molar-refractivity contribution in [2.75, 3.05) is 50.4 Å². The van der Waals surface area contributed by atoms with E-state index in [4.69, 9.17) is 16.7 Å². The van der Waals surface area contributed by atoms with Gasteiger partial charge in [0.05, 0.1) is 17.0 Å². The van der Waals surface area contributed by atoms with Crippen molar-refractivity contribution in [3.8, 4) is 23.1 Å². The van der Waals surface area contributed by atoms with Gasteiger partial charge in [0, 0.05) is 106 Å². The lowest BCUT2D eigenvalue weighted by atomic mass is 9.87. The molecule has 284 valence electrons. The average Bonchev–Trinajstić information content (AvgIpc) is 3.58. The van der Waals surface area contributed by atoms with Crippen LogP contribution in [0.25, 0.3) is 11.3 Å². The Morgan fingerprint density at radius 2 is 1.71 bits per heavy atom. The lowest BCUT2D eigenvalue weighted by Gasteiger charge is -2.35. The van der Waals surface area contributed by atoms with Crippen LogP contribution in [0.15, 0.2) is 91.1 Å². The summed E-state index contributed by atoms with van der Waals surface area (Å²) in [5.74, 6) is 7.66. The molecule has 11 heteroatoms. The van der Waals surface area contributed by atoms with Gasteiger partial charge in [0.1, 0.15) is 5.82 Å². The molecule has 1 fully saturated rings. The van der Waals surface area contributed by atoms with E-state index in [1.54, 1.807) is 4.31 Å². The molecular weight excluding hydrogens is 726 g/mol. The second-order valence-corrected chi connectivity index (χ2v) is 17.3. The number of piperazine rings is 1. The Morgan fingerprint density at radius 1 is 0.891 bits per heavy atom. The molecule has 2 aliphatic heterocycles. The number of aryl methyl sites for hydroxylation is 2. The van der Waals surface area contributed by atoms with Gasteiger partial charge in [0.2, 0.25) is 10.0 Å². The Hall–Kier alpha value is -4.50. The van der Waals surface area contributed by atoms with Crippen LogP contribution in [0.4, 0.5) is 5.82 Å². The van der Waals surface area contributed by atoms with E-state index in [0.717, 1.165) is 99.0 Å². The first-order chi connectivity index (χ1) is 26.8. The second-order valence-electron chi connectivity index (χ2n) is 14.9. The molecule has 55 heavy (non-hydrogen) atoms. The molecule has 3 aromatic carbocycles. The summed E-state index contributed by atoms with van der Waals surface area (Å²) >= 11 is 6.71. The Bertz CT molecular complexity index is 2290. The van der Waals surface area contributed by atoms with Gasteiger partial charge in [-0.15, -0.1) is 0 Å². The van der Waals surface area contributed by atoms with Gasteiger partial charge in [0.25, 0.3) is 0 Å². The van der Waals surface area contributed by atoms with Crippen LogP contribution in [0.3, 0.4) is 0 Å². The summed E-state index contributed by atoms with van der Waals surface area (Å²) in [5.41, 5.74) is 9.49. The second kappa shape index (κ2) is 16.7. The van der Waals surface area contributed by atoms with Crippen molar-refractivity contribution >= 4 is 27.4 Å². The Morgan fingerprint density at radius 3 is 2.51 bits per heavy atom. The number of rotatable bonds is 10. The van der Waals surface area contributed by atoms with E-state index in [9.17, 15) is 8.42 Å². The Balaban J connectivity index is 0.950. The van der Waals surface area contributed by atoms with Crippen LogP contribution < -0.4 is 10.2 Å². The monoisotopic (exact) mass is 773 g/mol. The van der Waals surface area contributed by atoms with Crippen LogP contribution in [0.5, 0.6) is 0 Å². The number of aromatic nitrogens is 3. The quantitative estimate of drug-likeness (QED) is 0.158. The number of pyridine rings is 1. The van der Waals surface area contributed by atoms with E-state index in [1.165, 1.54) is 29.4 Å².